The highest BCUT2D eigenvalue weighted by Gasteiger charge is 2.23. The zero-order valence-corrected chi connectivity index (χ0v) is 12.5. The van der Waals surface area contributed by atoms with E-state index in [1.165, 1.54) is 6.42 Å². The van der Waals surface area contributed by atoms with Gasteiger partial charge in [-0.15, -0.1) is 0 Å². The van der Waals surface area contributed by atoms with E-state index in [0.717, 1.165) is 31.5 Å². The Balaban J connectivity index is 1.83. The molecule has 0 bridgehead atoms. The van der Waals surface area contributed by atoms with Crippen LogP contribution >= 0.6 is 0 Å². The normalized spacial score (nSPS) is 25.1. The molecule has 1 aromatic heterocycles. The smallest absolute Gasteiger partial charge is 0.289 e. The largest absolute Gasteiger partial charge is 0.346 e. The molecule has 0 saturated carbocycles. The molecule has 5 heteroatoms. The van der Waals surface area contributed by atoms with Gasteiger partial charge in [0.1, 0.15) is 0 Å². The number of carbonyl (C=O) groups excluding carboxylic acids is 1. The van der Waals surface area contributed by atoms with Gasteiger partial charge in [-0.2, -0.15) is 0 Å². The van der Waals surface area contributed by atoms with E-state index in [4.69, 9.17) is 0 Å². The molecule has 0 spiro atoms. The molecule has 20 heavy (non-hydrogen) atoms. The summed E-state index contributed by atoms with van der Waals surface area (Å²) in [5.74, 6) is 1.51. The van der Waals surface area contributed by atoms with Crippen molar-refractivity contribution < 1.29 is 4.79 Å². The molecule has 1 aliphatic heterocycles. The van der Waals surface area contributed by atoms with Crippen LogP contribution in [0.4, 0.5) is 0 Å². The van der Waals surface area contributed by atoms with Crippen molar-refractivity contribution in [2.45, 2.75) is 33.2 Å². The van der Waals surface area contributed by atoms with Crippen molar-refractivity contribution in [3.63, 3.8) is 0 Å². The lowest BCUT2D eigenvalue weighted by Gasteiger charge is -2.36. The number of carbonyl (C=O) groups is 1. The van der Waals surface area contributed by atoms with Crippen LogP contribution in [0.5, 0.6) is 0 Å². The Morgan fingerprint density at radius 2 is 1.95 bits per heavy atom. The number of hydrogen-bond donors (Lipinski definition) is 1. The molecular formula is C15H24N4O. The minimum Gasteiger partial charge on any atom is -0.346 e. The molecule has 0 radical (unpaired) electrons. The van der Waals surface area contributed by atoms with E-state index in [1.54, 1.807) is 18.5 Å². The third-order valence-corrected chi connectivity index (χ3v) is 3.62. The molecule has 1 amide bonds. The Hall–Kier alpha value is -1.49. The van der Waals surface area contributed by atoms with E-state index < -0.39 is 0 Å². The first kappa shape index (κ1) is 14.9. The average Bonchev–Trinajstić information content (AvgIpc) is 2.38. The molecule has 0 aromatic carbocycles. The SMILES string of the molecule is C[C@@H]1C[C@@H](C)CN(C[C@@H](C)NC(=O)c2ncccn2)C1. The Morgan fingerprint density at radius 3 is 2.55 bits per heavy atom. The molecule has 0 aliphatic carbocycles. The summed E-state index contributed by atoms with van der Waals surface area (Å²) in [4.78, 5) is 22.3. The van der Waals surface area contributed by atoms with Crippen LogP contribution in [0, 0.1) is 11.8 Å². The fourth-order valence-corrected chi connectivity index (χ4v) is 3.08. The number of hydrogen-bond acceptors (Lipinski definition) is 4. The maximum atomic E-state index is 12.0. The van der Waals surface area contributed by atoms with E-state index >= 15 is 0 Å². The maximum Gasteiger partial charge on any atom is 0.289 e. The summed E-state index contributed by atoms with van der Waals surface area (Å²) < 4.78 is 0. The molecule has 1 aromatic rings. The van der Waals surface area contributed by atoms with Crippen molar-refractivity contribution in [3.8, 4) is 0 Å². The van der Waals surface area contributed by atoms with E-state index in [1.807, 2.05) is 6.92 Å². The number of piperidine rings is 1. The Bertz CT molecular complexity index is 427. The molecule has 5 nitrogen and oxygen atoms in total. The molecule has 2 heterocycles. The second kappa shape index (κ2) is 6.79. The first-order valence-corrected chi connectivity index (χ1v) is 7.35. The van der Waals surface area contributed by atoms with Crippen molar-refractivity contribution >= 4 is 5.91 Å². The molecule has 1 fully saturated rings. The van der Waals surface area contributed by atoms with Crippen molar-refractivity contribution in [2.24, 2.45) is 11.8 Å². The van der Waals surface area contributed by atoms with E-state index in [9.17, 15) is 4.79 Å². The van der Waals surface area contributed by atoms with E-state index in [-0.39, 0.29) is 17.8 Å². The number of nitrogens with zero attached hydrogens (tertiary/aromatic N) is 3. The third-order valence-electron chi connectivity index (χ3n) is 3.62. The van der Waals surface area contributed by atoms with Crippen LogP contribution in [0.2, 0.25) is 0 Å². The first-order valence-electron chi connectivity index (χ1n) is 7.35. The summed E-state index contributed by atoms with van der Waals surface area (Å²) in [6.07, 6.45) is 4.47. The van der Waals surface area contributed by atoms with Crippen LogP contribution in [0.1, 0.15) is 37.8 Å². The number of aromatic nitrogens is 2. The Morgan fingerprint density at radius 1 is 1.35 bits per heavy atom. The number of rotatable bonds is 4. The fraction of sp³-hybridized carbons (Fsp3) is 0.667. The summed E-state index contributed by atoms with van der Waals surface area (Å²) in [6.45, 7) is 9.74. The minimum absolute atomic E-state index is 0.101. The van der Waals surface area contributed by atoms with Crippen LogP contribution in [0.15, 0.2) is 18.5 Å². The highest BCUT2D eigenvalue weighted by atomic mass is 16.2. The topological polar surface area (TPSA) is 58.1 Å². The summed E-state index contributed by atoms with van der Waals surface area (Å²) in [5, 5.41) is 2.97. The van der Waals surface area contributed by atoms with Crippen LogP contribution < -0.4 is 5.32 Å². The van der Waals surface area contributed by atoms with Gasteiger partial charge in [0.2, 0.25) is 5.82 Å². The van der Waals surface area contributed by atoms with Gasteiger partial charge in [0.05, 0.1) is 0 Å². The van der Waals surface area contributed by atoms with Gasteiger partial charge in [0.25, 0.3) is 5.91 Å². The molecule has 110 valence electrons. The van der Waals surface area contributed by atoms with Crippen LogP contribution in [0.3, 0.4) is 0 Å². The molecule has 1 aliphatic rings. The molecular weight excluding hydrogens is 252 g/mol. The minimum atomic E-state index is -0.198. The van der Waals surface area contributed by atoms with Gasteiger partial charge in [-0.3, -0.25) is 4.79 Å². The lowest BCUT2D eigenvalue weighted by Crippen LogP contribution is -2.47. The van der Waals surface area contributed by atoms with Gasteiger partial charge in [-0.05, 0) is 31.2 Å². The maximum absolute atomic E-state index is 12.0. The van der Waals surface area contributed by atoms with Gasteiger partial charge in [0.15, 0.2) is 0 Å². The Labute approximate surface area is 120 Å². The Kier molecular flexibility index (Phi) is 5.06. The summed E-state index contributed by atoms with van der Waals surface area (Å²) >= 11 is 0. The number of nitrogens with one attached hydrogen (secondary N) is 1. The van der Waals surface area contributed by atoms with Crippen LogP contribution in [-0.2, 0) is 0 Å². The average molecular weight is 276 g/mol. The van der Waals surface area contributed by atoms with Gasteiger partial charge >= 0.3 is 0 Å². The van der Waals surface area contributed by atoms with Crippen molar-refractivity contribution in [3.05, 3.63) is 24.3 Å². The van der Waals surface area contributed by atoms with Crippen LogP contribution in [-0.4, -0.2) is 46.5 Å². The van der Waals surface area contributed by atoms with Crippen LogP contribution in [0.25, 0.3) is 0 Å². The van der Waals surface area contributed by atoms with Crippen molar-refractivity contribution in [1.29, 1.82) is 0 Å². The summed E-state index contributed by atoms with van der Waals surface area (Å²) in [6, 6.07) is 1.81. The molecule has 2 rings (SSSR count). The summed E-state index contributed by atoms with van der Waals surface area (Å²) in [7, 11) is 0. The van der Waals surface area contributed by atoms with E-state index in [2.05, 4.69) is 34.0 Å². The molecule has 1 N–H and O–H groups in total. The zero-order valence-electron chi connectivity index (χ0n) is 12.5. The zero-order chi connectivity index (χ0) is 14.5. The summed E-state index contributed by atoms with van der Waals surface area (Å²) in [5.41, 5.74) is 0. The first-order chi connectivity index (χ1) is 9.54. The predicted octanol–water partition coefficient (Wildman–Crippen LogP) is 1.57. The quantitative estimate of drug-likeness (QED) is 0.907. The fourth-order valence-electron chi connectivity index (χ4n) is 3.08. The van der Waals surface area contributed by atoms with Crippen molar-refractivity contribution in [2.75, 3.05) is 19.6 Å². The van der Waals surface area contributed by atoms with Gasteiger partial charge in [-0.1, -0.05) is 13.8 Å². The predicted molar refractivity (Wildman–Crippen MR) is 78.3 cm³/mol. The lowest BCUT2D eigenvalue weighted by molar-refractivity contribution is 0.0895. The number of amides is 1. The molecule has 0 unspecified atom stereocenters. The van der Waals surface area contributed by atoms with Gasteiger partial charge in [-0.25, -0.2) is 9.97 Å². The highest BCUT2D eigenvalue weighted by molar-refractivity contribution is 5.90. The second-order valence-electron chi connectivity index (χ2n) is 6.11. The monoisotopic (exact) mass is 276 g/mol. The standard InChI is InChI=1S/C15H24N4O/c1-11-7-12(2)9-19(8-11)10-13(3)18-15(20)14-16-5-4-6-17-14/h4-6,11-13H,7-10H2,1-3H3,(H,18,20)/t11-,12-,13-/m1/s1. The van der Waals surface area contributed by atoms with Gasteiger partial charge in [0, 0.05) is 38.1 Å². The highest BCUT2D eigenvalue weighted by Crippen LogP contribution is 2.20. The van der Waals surface area contributed by atoms with Gasteiger partial charge < -0.3 is 10.2 Å². The number of likely N-dealkylation sites (tertiary alicyclic amines) is 1. The molecule has 1 saturated heterocycles. The third kappa shape index (κ3) is 4.27. The van der Waals surface area contributed by atoms with E-state index in [0.29, 0.717) is 0 Å². The van der Waals surface area contributed by atoms with Crippen molar-refractivity contribution in [1.82, 2.24) is 20.2 Å². The lowest BCUT2D eigenvalue weighted by atomic mass is 9.92. The molecule has 3 atom stereocenters. The second-order valence-corrected chi connectivity index (χ2v) is 6.11.